The van der Waals surface area contributed by atoms with Crippen molar-refractivity contribution in [2.45, 2.75) is 218 Å². The molecule has 0 fully saturated rings. The number of nitrogens with two attached hydrogens (primary N) is 1. The van der Waals surface area contributed by atoms with Gasteiger partial charge in [-0.2, -0.15) is 0 Å². The van der Waals surface area contributed by atoms with Crippen LogP contribution in [0.25, 0.3) is 0 Å². The van der Waals surface area contributed by atoms with Gasteiger partial charge in [0.15, 0.2) is 0 Å². The summed E-state index contributed by atoms with van der Waals surface area (Å²) in [5.41, 5.74) is 5.35. The Balaban J connectivity index is 4.32. The molecule has 0 heterocycles. The molecular formula is C42H83N2O7P. The average molecular weight is 759 g/mol. The number of carbonyl (C=O) groups is 1. The number of hydrogen-bond acceptors (Lipinski definition) is 7. The van der Waals surface area contributed by atoms with E-state index in [1.54, 1.807) is 6.08 Å². The third-order valence-corrected chi connectivity index (χ3v) is 10.6. The molecule has 0 aromatic carbocycles. The van der Waals surface area contributed by atoms with Crippen LogP contribution in [0, 0.1) is 0 Å². The first-order valence-electron chi connectivity index (χ1n) is 21.5. The van der Waals surface area contributed by atoms with Crippen molar-refractivity contribution in [3.63, 3.8) is 0 Å². The van der Waals surface area contributed by atoms with E-state index in [1.807, 2.05) is 6.08 Å². The molecule has 4 unspecified atom stereocenters. The highest BCUT2D eigenvalue weighted by Crippen LogP contribution is 2.43. The van der Waals surface area contributed by atoms with Crippen LogP contribution in [0.3, 0.4) is 0 Å². The third-order valence-electron chi connectivity index (χ3n) is 9.58. The lowest BCUT2D eigenvalue weighted by molar-refractivity contribution is -0.124. The van der Waals surface area contributed by atoms with Crippen LogP contribution < -0.4 is 11.1 Å². The van der Waals surface area contributed by atoms with E-state index in [9.17, 15) is 24.5 Å². The van der Waals surface area contributed by atoms with Crippen molar-refractivity contribution in [2.24, 2.45) is 5.73 Å². The van der Waals surface area contributed by atoms with Crippen molar-refractivity contribution in [3.05, 3.63) is 24.3 Å². The second-order valence-electron chi connectivity index (χ2n) is 14.7. The van der Waals surface area contributed by atoms with Crippen LogP contribution in [0.1, 0.15) is 200 Å². The topological polar surface area (TPSA) is 151 Å². The largest absolute Gasteiger partial charge is 0.472 e. The number of unbranched alkanes of at least 4 members (excludes halogenated alkanes) is 24. The zero-order valence-corrected chi connectivity index (χ0v) is 34.6. The standard InChI is InChI=1S/C42H83N2O7P/c1-3-5-7-9-11-13-15-17-18-19-20-22-23-25-27-29-31-33-39(45)37-42(47)44-40(38-51-52(48,49)50-36-35-43)41(46)34-32-30-28-26-24-21-16-14-12-10-8-6-4-2/h24,26,32,34,39-41,45-46H,3-23,25,27-31,33,35-38,43H2,1-2H3,(H,44,47)(H,48,49)/b26-24+,34-32+. The second kappa shape index (κ2) is 38.2. The minimum absolute atomic E-state index is 0.0459. The molecule has 0 radical (unpaired) electrons. The summed E-state index contributed by atoms with van der Waals surface area (Å²) in [5, 5.41) is 24.0. The summed E-state index contributed by atoms with van der Waals surface area (Å²) >= 11 is 0. The van der Waals surface area contributed by atoms with Crippen LogP contribution in [0.4, 0.5) is 0 Å². The number of aliphatic hydroxyl groups excluding tert-OH is 2. The van der Waals surface area contributed by atoms with Gasteiger partial charge in [0, 0.05) is 6.54 Å². The molecule has 1 amide bonds. The second-order valence-corrected chi connectivity index (χ2v) is 16.2. The van der Waals surface area contributed by atoms with E-state index < -0.39 is 38.6 Å². The Labute approximate surface area is 320 Å². The molecule has 10 heteroatoms. The van der Waals surface area contributed by atoms with Crippen LogP contribution >= 0.6 is 7.82 Å². The Morgan fingerprint density at radius 3 is 1.60 bits per heavy atom. The predicted molar refractivity (Wildman–Crippen MR) is 218 cm³/mol. The highest BCUT2D eigenvalue weighted by atomic mass is 31.2. The summed E-state index contributed by atoms with van der Waals surface area (Å²) < 4.78 is 22.0. The van der Waals surface area contributed by atoms with Gasteiger partial charge in [0.25, 0.3) is 0 Å². The number of hydrogen-bond donors (Lipinski definition) is 5. The van der Waals surface area contributed by atoms with E-state index in [2.05, 4.69) is 31.3 Å². The van der Waals surface area contributed by atoms with Gasteiger partial charge < -0.3 is 26.2 Å². The number of nitrogens with one attached hydrogen (secondary N) is 1. The summed E-state index contributed by atoms with van der Waals surface area (Å²) in [4.78, 5) is 22.7. The van der Waals surface area contributed by atoms with Gasteiger partial charge in [-0.25, -0.2) is 4.57 Å². The van der Waals surface area contributed by atoms with E-state index >= 15 is 0 Å². The molecule has 0 rings (SSSR count). The fourth-order valence-electron chi connectivity index (χ4n) is 6.31. The van der Waals surface area contributed by atoms with Crippen LogP contribution in [0.15, 0.2) is 24.3 Å². The summed E-state index contributed by atoms with van der Waals surface area (Å²) in [5.74, 6) is -0.454. The molecule has 0 aliphatic carbocycles. The zero-order chi connectivity index (χ0) is 38.4. The fraction of sp³-hybridized carbons (Fsp3) is 0.881. The van der Waals surface area contributed by atoms with Gasteiger partial charge in [0.1, 0.15) is 0 Å². The highest BCUT2D eigenvalue weighted by Gasteiger charge is 2.27. The molecule has 0 saturated carbocycles. The number of rotatable bonds is 40. The van der Waals surface area contributed by atoms with Gasteiger partial charge in [-0.05, 0) is 32.1 Å². The Bertz CT molecular complexity index is 888. The van der Waals surface area contributed by atoms with Crippen LogP contribution in [0.5, 0.6) is 0 Å². The quantitative estimate of drug-likeness (QED) is 0.0235. The Morgan fingerprint density at radius 1 is 0.654 bits per heavy atom. The van der Waals surface area contributed by atoms with E-state index in [4.69, 9.17) is 14.8 Å². The van der Waals surface area contributed by atoms with Gasteiger partial charge in [-0.1, -0.05) is 186 Å². The molecule has 0 aromatic heterocycles. The first-order valence-corrected chi connectivity index (χ1v) is 23.0. The maximum Gasteiger partial charge on any atom is 0.472 e. The monoisotopic (exact) mass is 759 g/mol. The summed E-state index contributed by atoms with van der Waals surface area (Å²) in [6, 6.07) is -0.994. The van der Waals surface area contributed by atoms with Crippen molar-refractivity contribution in [1.29, 1.82) is 0 Å². The molecule has 0 spiro atoms. The minimum Gasteiger partial charge on any atom is -0.393 e. The number of amides is 1. The molecule has 0 saturated heterocycles. The Morgan fingerprint density at radius 2 is 1.10 bits per heavy atom. The van der Waals surface area contributed by atoms with Gasteiger partial charge >= 0.3 is 7.82 Å². The molecule has 4 atom stereocenters. The normalized spacial score (nSPS) is 15.0. The lowest BCUT2D eigenvalue weighted by atomic mass is 10.0. The molecular weight excluding hydrogens is 675 g/mol. The lowest BCUT2D eigenvalue weighted by Gasteiger charge is -2.24. The molecule has 52 heavy (non-hydrogen) atoms. The van der Waals surface area contributed by atoms with Crippen molar-refractivity contribution < 1.29 is 33.5 Å². The fourth-order valence-corrected chi connectivity index (χ4v) is 7.07. The minimum atomic E-state index is -4.40. The first-order chi connectivity index (χ1) is 25.3. The molecule has 0 aliphatic rings. The molecule has 0 aliphatic heterocycles. The van der Waals surface area contributed by atoms with E-state index in [0.29, 0.717) is 12.8 Å². The summed E-state index contributed by atoms with van der Waals surface area (Å²) in [6.07, 6.45) is 39.8. The molecule has 0 bridgehead atoms. The van der Waals surface area contributed by atoms with Gasteiger partial charge in [-0.3, -0.25) is 13.8 Å². The highest BCUT2D eigenvalue weighted by molar-refractivity contribution is 7.47. The van der Waals surface area contributed by atoms with Gasteiger partial charge in [0.05, 0.1) is 37.9 Å². The number of phosphoric acid groups is 1. The van der Waals surface area contributed by atoms with Crippen LogP contribution in [-0.2, 0) is 18.4 Å². The summed E-state index contributed by atoms with van der Waals surface area (Å²) in [6.45, 7) is 3.95. The van der Waals surface area contributed by atoms with Crippen LogP contribution in [-0.4, -0.2) is 59.0 Å². The maximum absolute atomic E-state index is 12.8. The number of carbonyl (C=O) groups excluding carboxylic acids is 1. The SMILES string of the molecule is CCCCCCCCC/C=C/CC/C=C/C(O)C(COP(=O)(O)OCCN)NC(=O)CC(O)CCCCCCCCCCCCCCCCCCC. The number of phosphoric ester groups is 1. The van der Waals surface area contributed by atoms with Crippen molar-refractivity contribution in [1.82, 2.24) is 5.32 Å². The molecule has 9 nitrogen and oxygen atoms in total. The van der Waals surface area contributed by atoms with Gasteiger partial charge in [0.2, 0.25) is 5.91 Å². The number of aliphatic hydroxyl groups is 2. The third kappa shape index (κ3) is 35.9. The predicted octanol–water partition coefficient (Wildman–Crippen LogP) is 10.8. The Kier molecular flexibility index (Phi) is 37.4. The zero-order valence-electron chi connectivity index (χ0n) is 33.7. The molecule has 308 valence electrons. The molecule has 0 aromatic rings. The average Bonchev–Trinajstić information content (AvgIpc) is 3.12. The number of allylic oxidation sites excluding steroid dienone is 3. The Hall–Kier alpha value is -1.06. The lowest BCUT2D eigenvalue weighted by Crippen LogP contribution is -2.46. The van der Waals surface area contributed by atoms with Crippen molar-refractivity contribution in [2.75, 3.05) is 19.8 Å². The van der Waals surface area contributed by atoms with Crippen LogP contribution in [0.2, 0.25) is 0 Å². The van der Waals surface area contributed by atoms with E-state index in [0.717, 1.165) is 32.1 Å². The van der Waals surface area contributed by atoms with E-state index in [1.165, 1.54) is 135 Å². The molecule has 6 N–H and O–H groups in total. The van der Waals surface area contributed by atoms with Gasteiger partial charge in [-0.15, -0.1) is 0 Å². The van der Waals surface area contributed by atoms with Crippen molar-refractivity contribution in [3.8, 4) is 0 Å². The maximum atomic E-state index is 12.8. The summed E-state index contributed by atoms with van der Waals surface area (Å²) in [7, 11) is -4.40. The smallest absolute Gasteiger partial charge is 0.393 e. The van der Waals surface area contributed by atoms with Crippen molar-refractivity contribution >= 4 is 13.7 Å². The first kappa shape index (κ1) is 50.9. The van der Waals surface area contributed by atoms with E-state index in [-0.39, 0.29) is 19.6 Å².